The molecule has 2 heterocycles. The van der Waals surface area contributed by atoms with Crippen LogP contribution >= 0.6 is 0 Å². The average molecular weight is 597 g/mol. The molecule has 0 aliphatic heterocycles. The Morgan fingerprint density at radius 3 is 2.51 bits per heavy atom. The third kappa shape index (κ3) is 8.70. The molecule has 4 aromatic rings. The van der Waals surface area contributed by atoms with Crippen molar-refractivity contribution in [2.45, 2.75) is 32.1 Å². The number of carbonyl (C=O) groups excluding carboxylic acids is 2. The summed E-state index contributed by atoms with van der Waals surface area (Å²) in [6, 6.07) is 17.7. The van der Waals surface area contributed by atoms with E-state index < -0.39 is 16.6 Å². The number of nitrogens with one attached hydrogen (secondary N) is 1. The number of carbonyl (C=O) groups is 2. The molecule has 0 spiro atoms. The summed E-state index contributed by atoms with van der Waals surface area (Å²) in [4.78, 5) is 33.2. The van der Waals surface area contributed by atoms with Crippen molar-refractivity contribution in [3.05, 3.63) is 101 Å². The molecule has 0 radical (unpaired) electrons. The van der Waals surface area contributed by atoms with Gasteiger partial charge in [0.2, 0.25) is 0 Å². The lowest BCUT2D eigenvalue weighted by molar-refractivity contribution is 0.1000. The minimum Gasteiger partial charge on any atom is -0.507 e. The number of nitrogens with zero attached hydrogens (tertiary/aromatic N) is 5. The number of aryl methyl sites for hydroxylation is 2. The second-order valence-electron chi connectivity index (χ2n) is 9.86. The number of pyridine rings is 1. The van der Waals surface area contributed by atoms with Gasteiger partial charge in [-0.15, -0.1) is 0 Å². The minimum atomic E-state index is -0.817. The van der Waals surface area contributed by atoms with Gasteiger partial charge in [-0.3, -0.25) is 19.3 Å². The normalized spacial score (nSPS) is 11.7. The van der Waals surface area contributed by atoms with Crippen molar-refractivity contribution in [3.8, 4) is 17.6 Å². The van der Waals surface area contributed by atoms with E-state index in [-0.39, 0.29) is 11.7 Å². The highest BCUT2D eigenvalue weighted by Crippen LogP contribution is 2.23. The van der Waals surface area contributed by atoms with E-state index in [1.165, 1.54) is 6.20 Å². The van der Waals surface area contributed by atoms with Gasteiger partial charge in [0.25, 0.3) is 11.8 Å². The Morgan fingerprint density at radius 1 is 1.02 bits per heavy atom. The largest absolute Gasteiger partial charge is 0.507 e. The fraction of sp³-hybridized carbons (Fsp3) is 0.273. The van der Waals surface area contributed by atoms with E-state index in [1.54, 1.807) is 54.3 Å². The van der Waals surface area contributed by atoms with Crippen LogP contribution in [0.15, 0.2) is 82.3 Å². The maximum absolute atomic E-state index is 13.3. The van der Waals surface area contributed by atoms with Crippen molar-refractivity contribution in [2.24, 2.45) is 11.4 Å². The van der Waals surface area contributed by atoms with Crippen LogP contribution in [-0.2, 0) is 17.7 Å². The lowest BCUT2D eigenvalue weighted by atomic mass is 10.1. The molecule has 0 unspecified atom stereocenters. The molecule has 222 valence electrons. The number of amides is 2. The van der Waals surface area contributed by atoms with Crippen molar-refractivity contribution in [2.75, 3.05) is 30.7 Å². The van der Waals surface area contributed by atoms with Crippen molar-refractivity contribution in [1.82, 2.24) is 19.7 Å². The molecule has 0 saturated heterocycles. The topological polar surface area (TPSA) is 113 Å². The second kappa shape index (κ2) is 15.0. The van der Waals surface area contributed by atoms with Crippen LogP contribution in [0, 0.1) is 18.8 Å². The number of aromatic hydroxyl groups is 1. The SMILES string of the molecule is CCN(CC)CCC[S@](=NC(=O)c1cncc(C#Cc2cccc(NC(=O)c3cc(C)nn3C)c2)c1)c1ccccc1O. The van der Waals surface area contributed by atoms with Gasteiger partial charge in [-0.2, -0.15) is 9.46 Å². The van der Waals surface area contributed by atoms with Crippen LogP contribution in [0.3, 0.4) is 0 Å². The standard InChI is InChI=1S/C33H36N6O3S/c1-5-39(6-2)17-10-18-43(31-14-8-7-13-30(31)40)37-32(41)27-20-26(22-34-23-27)16-15-25-11-9-12-28(21-25)35-33(42)29-19-24(3)36-38(29)4/h7-9,11-14,19-23,40H,5-6,10,17-18H2,1-4H3,(H,35,42)/t43-/m0/s1. The molecule has 2 aromatic heterocycles. The number of benzene rings is 2. The van der Waals surface area contributed by atoms with Gasteiger partial charge in [0, 0.05) is 42.0 Å². The first kappa shape index (κ1) is 31.3. The molecule has 2 N–H and O–H groups in total. The van der Waals surface area contributed by atoms with Crippen LogP contribution in [0.2, 0.25) is 0 Å². The number of anilines is 1. The third-order valence-electron chi connectivity index (χ3n) is 6.71. The molecule has 0 aliphatic carbocycles. The molecule has 9 nitrogen and oxygen atoms in total. The van der Waals surface area contributed by atoms with E-state index in [0.717, 1.165) is 31.7 Å². The van der Waals surface area contributed by atoms with E-state index in [0.29, 0.717) is 38.7 Å². The molecule has 0 saturated carbocycles. The number of hydrogen-bond acceptors (Lipinski definition) is 6. The number of para-hydroxylation sites is 1. The predicted octanol–water partition coefficient (Wildman–Crippen LogP) is 5.21. The van der Waals surface area contributed by atoms with Crippen LogP contribution in [-0.4, -0.2) is 62.0 Å². The van der Waals surface area contributed by atoms with Crippen LogP contribution < -0.4 is 5.32 Å². The summed E-state index contributed by atoms with van der Waals surface area (Å²) in [6.07, 6.45) is 3.92. The molecule has 0 fully saturated rings. The van der Waals surface area contributed by atoms with Crippen LogP contribution in [0.5, 0.6) is 5.75 Å². The van der Waals surface area contributed by atoms with E-state index in [2.05, 4.69) is 50.4 Å². The molecule has 2 amide bonds. The zero-order chi connectivity index (χ0) is 30.8. The van der Waals surface area contributed by atoms with Crippen molar-refractivity contribution in [3.63, 3.8) is 0 Å². The average Bonchev–Trinajstić information content (AvgIpc) is 3.36. The van der Waals surface area contributed by atoms with Gasteiger partial charge in [0.15, 0.2) is 0 Å². The summed E-state index contributed by atoms with van der Waals surface area (Å²) >= 11 is 0. The number of phenols is 1. The maximum Gasteiger partial charge on any atom is 0.284 e. The molecule has 10 heteroatoms. The van der Waals surface area contributed by atoms with E-state index in [9.17, 15) is 14.7 Å². The molecular formula is C33H36N6O3S. The Bertz CT molecular complexity index is 1700. The molecule has 2 aromatic carbocycles. The molecule has 1 atom stereocenters. The van der Waals surface area contributed by atoms with Gasteiger partial charge in [-0.25, -0.2) is 0 Å². The number of aromatic nitrogens is 3. The van der Waals surface area contributed by atoms with Crippen molar-refractivity contribution in [1.29, 1.82) is 0 Å². The molecular weight excluding hydrogens is 560 g/mol. The highest BCUT2D eigenvalue weighted by Gasteiger charge is 2.14. The fourth-order valence-corrected chi connectivity index (χ4v) is 6.10. The van der Waals surface area contributed by atoms with Gasteiger partial charge in [-0.1, -0.05) is 54.6 Å². The highest BCUT2D eigenvalue weighted by molar-refractivity contribution is 7.87. The zero-order valence-corrected chi connectivity index (χ0v) is 25.7. The van der Waals surface area contributed by atoms with Gasteiger partial charge in [-0.05, 0) is 75.4 Å². The van der Waals surface area contributed by atoms with Gasteiger partial charge < -0.3 is 15.3 Å². The Balaban J connectivity index is 1.51. The second-order valence-corrected chi connectivity index (χ2v) is 11.6. The summed E-state index contributed by atoms with van der Waals surface area (Å²) in [5.41, 5.74) is 3.41. The van der Waals surface area contributed by atoms with E-state index in [1.807, 2.05) is 31.2 Å². The summed E-state index contributed by atoms with van der Waals surface area (Å²) in [5.74, 6) is 6.27. The van der Waals surface area contributed by atoms with Crippen LogP contribution in [0.4, 0.5) is 5.69 Å². The van der Waals surface area contributed by atoms with Gasteiger partial charge >= 0.3 is 0 Å². The summed E-state index contributed by atoms with van der Waals surface area (Å²) < 4.78 is 6.07. The summed E-state index contributed by atoms with van der Waals surface area (Å²) in [7, 11) is 0.909. The Morgan fingerprint density at radius 2 is 1.79 bits per heavy atom. The number of hydrogen-bond donors (Lipinski definition) is 2. The van der Waals surface area contributed by atoms with E-state index >= 15 is 0 Å². The monoisotopic (exact) mass is 596 g/mol. The third-order valence-corrected chi connectivity index (χ3v) is 8.62. The molecule has 0 aliphatic rings. The first-order valence-electron chi connectivity index (χ1n) is 14.1. The molecule has 43 heavy (non-hydrogen) atoms. The molecule has 0 bridgehead atoms. The predicted molar refractivity (Wildman–Crippen MR) is 170 cm³/mol. The van der Waals surface area contributed by atoms with Gasteiger partial charge in [0.05, 0.1) is 16.2 Å². The fourth-order valence-electron chi connectivity index (χ4n) is 4.44. The number of phenolic OH excluding ortho intramolecular Hbond substituents is 1. The molecule has 4 rings (SSSR count). The van der Waals surface area contributed by atoms with Crippen molar-refractivity contribution < 1.29 is 14.7 Å². The lowest BCUT2D eigenvalue weighted by Gasteiger charge is -2.18. The zero-order valence-electron chi connectivity index (χ0n) is 24.9. The smallest absolute Gasteiger partial charge is 0.284 e. The highest BCUT2D eigenvalue weighted by atomic mass is 32.2. The number of rotatable bonds is 10. The van der Waals surface area contributed by atoms with Crippen LogP contribution in [0.1, 0.15) is 57.9 Å². The minimum absolute atomic E-state index is 0.136. The van der Waals surface area contributed by atoms with Crippen molar-refractivity contribution >= 4 is 28.2 Å². The Kier molecular flexibility index (Phi) is 11.0. The first-order chi connectivity index (χ1) is 20.8. The summed E-state index contributed by atoms with van der Waals surface area (Å²) in [5, 5.41) is 17.6. The van der Waals surface area contributed by atoms with E-state index in [4.69, 9.17) is 0 Å². The lowest BCUT2D eigenvalue weighted by Crippen LogP contribution is -2.25. The quantitative estimate of drug-likeness (QED) is 0.243. The Labute approximate surface area is 255 Å². The van der Waals surface area contributed by atoms with Gasteiger partial charge in [0.1, 0.15) is 11.4 Å². The Hall–Kier alpha value is -4.59. The first-order valence-corrected chi connectivity index (χ1v) is 15.5. The van der Waals surface area contributed by atoms with Crippen LogP contribution in [0.25, 0.3) is 0 Å². The maximum atomic E-state index is 13.3. The summed E-state index contributed by atoms with van der Waals surface area (Å²) in [6.45, 7) is 8.90.